The standard InChI is InChI=1S/C41H60N12O9S/c1-3-4-5-10-44-38-37-32(46-41(43)47-38)8-11-52(37)25-29-7-6-28(21-33(29)60-2)24-50-12-14-51(15-13-50)35(54)9-17-61-19-20-62-18-16-53-26-30(48-49-53)23-45-39(57)34(22-36(55)56)63-27-31(42)40(58)59/h6-8,11,21,26,31,34H,3-5,9-10,12-20,22-25,27,42H2,1-2H3,(H,45,57)(H,55,56)(H,58,59)(H3,43,44,46,47)/t31-,34?/m0/s1. The van der Waals surface area contributed by atoms with Gasteiger partial charge in [-0.15, -0.1) is 16.9 Å². The SMILES string of the molecule is CCCCCNc1nc(N)nc2ccn(Cc3ccc(CN4CCN(C(=O)CCOCCOCCn5cc(CNC(=O)C(CC(=O)O)SC[C@H](N)C(=O)O)nn5)CC4)cc3OC)c12. The second kappa shape index (κ2) is 24.9. The largest absolute Gasteiger partial charge is 0.496 e. The highest BCUT2D eigenvalue weighted by atomic mass is 32.2. The summed E-state index contributed by atoms with van der Waals surface area (Å²) in [6.07, 6.45) is 6.76. The van der Waals surface area contributed by atoms with Gasteiger partial charge < -0.3 is 56.0 Å². The number of carboxylic acid groups (broad SMARTS) is 2. The summed E-state index contributed by atoms with van der Waals surface area (Å²) in [4.78, 5) is 60.8. The zero-order chi connectivity index (χ0) is 45.1. The van der Waals surface area contributed by atoms with Gasteiger partial charge in [-0.05, 0) is 24.1 Å². The number of nitrogens with zero attached hydrogens (tertiary/aromatic N) is 8. The maximum Gasteiger partial charge on any atom is 0.321 e. The number of aliphatic carboxylic acids is 2. The van der Waals surface area contributed by atoms with E-state index in [0.717, 1.165) is 90.9 Å². The molecule has 1 aromatic carbocycles. The number of nitrogen functional groups attached to an aromatic ring is 1. The van der Waals surface area contributed by atoms with Crippen LogP contribution in [0.25, 0.3) is 11.0 Å². The number of carboxylic acids is 2. The van der Waals surface area contributed by atoms with Crippen molar-refractivity contribution in [1.29, 1.82) is 0 Å². The van der Waals surface area contributed by atoms with Crippen molar-refractivity contribution in [3.63, 3.8) is 0 Å². The van der Waals surface area contributed by atoms with Crippen LogP contribution in [0, 0.1) is 0 Å². The highest BCUT2D eigenvalue weighted by Gasteiger charge is 2.25. The van der Waals surface area contributed by atoms with Gasteiger partial charge >= 0.3 is 11.9 Å². The first-order chi connectivity index (χ1) is 30.4. The summed E-state index contributed by atoms with van der Waals surface area (Å²) < 4.78 is 20.8. The monoisotopic (exact) mass is 896 g/mol. The number of fused-ring (bicyclic) bond motifs is 1. The van der Waals surface area contributed by atoms with E-state index in [1.54, 1.807) is 18.0 Å². The molecule has 2 atom stereocenters. The molecule has 22 heteroatoms. The fourth-order valence-electron chi connectivity index (χ4n) is 6.87. The number of nitrogens with two attached hydrogens (primary N) is 2. The number of methoxy groups -OCH3 is 1. The Morgan fingerprint density at radius 2 is 1.76 bits per heavy atom. The molecule has 5 rings (SSSR count). The fraction of sp³-hybridized carbons (Fsp3) is 0.561. The maximum absolute atomic E-state index is 12.9. The van der Waals surface area contributed by atoms with Gasteiger partial charge in [0.15, 0.2) is 5.82 Å². The molecule has 1 fully saturated rings. The normalized spacial score (nSPS) is 14.1. The molecule has 0 aliphatic carbocycles. The number of rotatable bonds is 28. The fourth-order valence-corrected chi connectivity index (χ4v) is 7.95. The average Bonchev–Trinajstić information content (AvgIpc) is 3.90. The molecular weight excluding hydrogens is 837 g/mol. The van der Waals surface area contributed by atoms with Crippen molar-refractivity contribution in [1.82, 2.24) is 44.6 Å². The van der Waals surface area contributed by atoms with Crippen LogP contribution in [0.1, 0.15) is 55.8 Å². The number of piperazine rings is 1. The first kappa shape index (κ1) is 48.5. The Kier molecular flexibility index (Phi) is 19.2. The van der Waals surface area contributed by atoms with E-state index in [-0.39, 0.29) is 30.6 Å². The van der Waals surface area contributed by atoms with E-state index in [9.17, 15) is 19.2 Å². The Morgan fingerprint density at radius 3 is 2.49 bits per heavy atom. The van der Waals surface area contributed by atoms with Crippen LogP contribution in [0.4, 0.5) is 11.8 Å². The third kappa shape index (κ3) is 15.3. The molecule has 0 radical (unpaired) electrons. The van der Waals surface area contributed by atoms with Crippen molar-refractivity contribution in [2.24, 2.45) is 5.73 Å². The molecule has 1 aliphatic heterocycles. The van der Waals surface area contributed by atoms with Crippen LogP contribution >= 0.6 is 11.8 Å². The second-order valence-electron chi connectivity index (χ2n) is 15.1. The Balaban J connectivity index is 0.948. The molecule has 4 heterocycles. The first-order valence-electron chi connectivity index (χ1n) is 21.1. The predicted octanol–water partition coefficient (Wildman–Crippen LogP) is 1.64. The topological polar surface area (TPSA) is 280 Å². The molecule has 1 saturated heterocycles. The molecule has 8 N–H and O–H groups in total. The summed E-state index contributed by atoms with van der Waals surface area (Å²) in [6, 6.07) is 7.06. The van der Waals surface area contributed by atoms with E-state index >= 15 is 0 Å². The van der Waals surface area contributed by atoms with Crippen LogP contribution in [0.5, 0.6) is 5.75 Å². The zero-order valence-corrected chi connectivity index (χ0v) is 36.8. The van der Waals surface area contributed by atoms with E-state index in [1.165, 1.54) is 0 Å². The summed E-state index contributed by atoms with van der Waals surface area (Å²) in [5.74, 6) is -1.27. The third-order valence-corrected chi connectivity index (χ3v) is 11.6. The second-order valence-corrected chi connectivity index (χ2v) is 16.3. The van der Waals surface area contributed by atoms with E-state index < -0.39 is 35.6 Å². The highest BCUT2D eigenvalue weighted by molar-refractivity contribution is 8.00. The van der Waals surface area contributed by atoms with Crippen LogP contribution < -0.4 is 26.8 Å². The number of aromatic nitrogens is 6. The minimum Gasteiger partial charge on any atom is -0.496 e. The number of carbonyl (C=O) groups excluding carboxylic acids is 2. The van der Waals surface area contributed by atoms with Crippen LogP contribution in [0.15, 0.2) is 36.7 Å². The minimum absolute atomic E-state index is 0.00912. The van der Waals surface area contributed by atoms with E-state index in [2.05, 4.69) is 65.5 Å². The molecule has 0 bridgehead atoms. The molecule has 0 spiro atoms. The third-order valence-electron chi connectivity index (χ3n) is 10.3. The number of hydrogen-bond acceptors (Lipinski definition) is 16. The first-order valence-corrected chi connectivity index (χ1v) is 22.1. The van der Waals surface area contributed by atoms with Crippen LogP contribution in [-0.2, 0) is 54.8 Å². The number of nitrogens with one attached hydrogen (secondary N) is 2. The lowest BCUT2D eigenvalue weighted by Crippen LogP contribution is -2.48. The molecule has 1 aliphatic rings. The van der Waals surface area contributed by atoms with Gasteiger partial charge in [-0.2, -0.15) is 4.98 Å². The van der Waals surface area contributed by atoms with Gasteiger partial charge in [-0.1, -0.05) is 37.1 Å². The number of thioether (sulfide) groups is 1. The zero-order valence-electron chi connectivity index (χ0n) is 35.9. The van der Waals surface area contributed by atoms with Gasteiger partial charge in [-0.25, -0.2) is 9.67 Å². The van der Waals surface area contributed by atoms with Crippen LogP contribution in [0.3, 0.4) is 0 Å². The van der Waals surface area contributed by atoms with E-state index in [4.69, 9.17) is 35.9 Å². The van der Waals surface area contributed by atoms with Crippen molar-refractivity contribution in [3.05, 3.63) is 53.5 Å². The van der Waals surface area contributed by atoms with Crippen molar-refractivity contribution in [2.75, 3.05) is 83.1 Å². The lowest BCUT2D eigenvalue weighted by Gasteiger charge is -2.35. The Morgan fingerprint density at radius 1 is 0.984 bits per heavy atom. The molecule has 0 saturated carbocycles. The van der Waals surface area contributed by atoms with Gasteiger partial charge in [0.05, 0.1) is 83.0 Å². The quantitative estimate of drug-likeness (QED) is 0.0442. The van der Waals surface area contributed by atoms with Crippen molar-refractivity contribution >= 4 is 58.3 Å². The molecule has 1 unspecified atom stereocenters. The smallest absolute Gasteiger partial charge is 0.321 e. The van der Waals surface area contributed by atoms with Crippen molar-refractivity contribution < 1.29 is 43.6 Å². The summed E-state index contributed by atoms with van der Waals surface area (Å²) >= 11 is 0.871. The van der Waals surface area contributed by atoms with E-state index in [1.807, 2.05) is 17.2 Å². The Bertz CT molecular complexity index is 2110. The van der Waals surface area contributed by atoms with Gasteiger partial charge in [0, 0.05) is 56.8 Å². The molecule has 3 aromatic heterocycles. The minimum atomic E-state index is -1.24. The summed E-state index contributed by atoms with van der Waals surface area (Å²) in [7, 11) is 1.69. The lowest BCUT2D eigenvalue weighted by molar-refractivity contribution is -0.138. The number of hydrogen-bond donors (Lipinski definition) is 6. The summed E-state index contributed by atoms with van der Waals surface area (Å²) in [5.41, 5.74) is 15.8. The molecule has 63 heavy (non-hydrogen) atoms. The predicted molar refractivity (Wildman–Crippen MR) is 236 cm³/mol. The van der Waals surface area contributed by atoms with Crippen molar-refractivity contribution in [2.45, 2.75) is 76.5 Å². The summed E-state index contributed by atoms with van der Waals surface area (Å²) in [6.45, 7) is 8.80. The molecule has 2 amide bonds. The number of ether oxygens (including phenoxy) is 3. The van der Waals surface area contributed by atoms with Gasteiger partial charge in [-0.3, -0.25) is 24.1 Å². The van der Waals surface area contributed by atoms with Gasteiger partial charge in [0.1, 0.15) is 23.0 Å². The number of carbonyl (C=O) groups is 4. The molecular formula is C41H60N12O9S. The number of amides is 2. The van der Waals surface area contributed by atoms with Crippen molar-refractivity contribution in [3.8, 4) is 5.75 Å². The highest BCUT2D eigenvalue weighted by Crippen LogP contribution is 2.28. The number of unbranched alkanes of at least 4 members (excludes halogenated alkanes) is 2. The van der Waals surface area contributed by atoms with Gasteiger partial charge in [0.25, 0.3) is 0 Å². The molecule has 344 valence electrons. The van der Waals surface area contributed by atoms with Crippen LogP contribution in [-0.4, -0.2) is 157 Å². The maximum atomic E-state index is 12.9. The molecule has 4 aromatic rings. The Hall–Kier alpha value is -5.55. The number of anilines is 2. The average molecular weight is 897 g/mol. The summed E-state index contributed by atoms with van der Waals surface area (Å²) in [5, 5.41) is 31.2. The number of benzene rings is 1. The molecule has 21 nitrogen and oxygen atoms in total. The van der Waals surface area contributed by atoms with Crippen LogP contribution in [0.2, 0.25) is 0 Å². The lowest BCUT2D eigenvalue weighted by atomic mass is 10.1. The van der Waals surface area contributed by atoms with E-state index in [0.29, 0.717) is 58.3 Å². The van der Waals surface area contributed by atoms with Gasteiger partial charge in [0.2, 0.25) is 17.8 Å². The Labute approximate surface area is 370 Å².